The number of pyridine rings is 1. The van der Waals surface area contributed by atoms with Gasteiger partial charge in [0, 0.05) is 35.5 Å². The summed E-state index contributed by atoms with van der Waals surface area (Å²) in [7, 11) is 1.63. The Kier molecular flexibility index (Phi) is 5.05. The zero-order chi connectivity index (χ0) is 21.2. The van der Waals surface area contributed by atoms with Crippen molar-refractivity contribution in [2.24, 2.45) is 0 Å². The molecular weight excluding hydrogens is 396 g/mol. The molecule has 0 radical (unpaired) electrons. The molecule has 0 aliphatic carbocycles. The number of carbonyl (C=O) groups is 1. The Bertz CT molecular complexity index is 1220. The van der Waals surface area contributed by atoms with Crippen molar-refractivity contribution in [2.75, 3.05) is 26.8 Å². The Morgan fingerprint density at radius 2 is 1.90 bits per heavy atom. The number of fused-ring (bicyclic) bond motifs is 1. The first-order valence-electron chi connectivity index (χ1n) is 9.95. The fourth-order valence-electron chi connectivity index (χ4n) is 3.77. The summed E-state index contributed by atoms with van der Waals surface area (Å²) in [6, 6.07) is 15.0. The number of morpholine rings is 1. The van der Waals surface area contributed by atoms with Crippen LogP contribution in [0.15, 0.2) is 65.4 Å². The third-order valence-electron chi connectivity index (χ3n) is 5.34. The van der Waals surface area contributed by atoms with Crippen molar-refractivity contribution in [3.8, 4) is 17.1 Å². The predicted molar refractivity (Wildman–Crippen MR) is 113 cm³/mol. The molecule has 0 bridgehead atoms. The number of benzene rings is 2. The van der Waals surface area contributed by atoms with Crippen LogP contribution in [0.2, 0.25) is 0 Å². The SMILES string of the molecule is COc1ccc(C(=O)N2CCOC(c3nc(-c4ccncc4)no3)C2)c2ccccc12. The molecule has 2 aromatic carbocycles. The first-order chi connectivity index (χ1) is 15.2. The molecule has 5 rings (SSSR count). The molecule has 8 heteroatoms. The normalized spacial score (nSPS) is 16.4. The van der Waals surface area contributed by atoms with Crippen LogP contribution in [0, 0.1) is 0 Å². The highest BCUT2D eigenvalue weighted by molar-refractivity contribution is 6.08. The summed E-state index contributed by atoms with van der Waals surface area (Å²) >= 11 is 0. The van der Waals surface area contributed by atoms with Crippen LogP contribution in [0.25, 0.3) is 22.2 Å². The lowest BCUT2D eigenvalue weighted by Crippen LogP contribution is -2.42. The third kappa shape index (κ3) is 3.62. The Balaban J connectivity index is 1.40. The maximum atomic E-state index is 13.4. The Labute approximate surface area is 178 Å². The van der Waals surface area contributed by atoms with E-state index < -0.39 is 6.10 Å². The number of amides is 1. The molecule has 4 aromatic rings. The van der Waals surface area contributed by atoms with Crippen LogP contribution in [-0.4, -0.2) is 52.7 Å². The van der Waals surface area contributed by atoms with E-state index in [2.05, 4.69) is 15.1 Å². The molecule has 0 saturated carbocycles. The van der Waals surface area contributed by atoms with E-state index in [9.17, 15) is 4.79 Å². The standard InChI is InChI=1S/C23H20N4O4/c1-29-19-7-6-18(16-4-2-3-5-17(16)19)23(28)27-12-13-30-20(14-27)22-25-21(26-31-22)15-8-10-24-11-9-15/h2-11,20H,12-14H2,1H3. The van der Waals surface area contributed by atoms with E-state index >= 15 is 0 Å². The number of rotatable bonds is 4. The number of hydrogen-bond donors (Lipinski definition) is 0. The van der Waals surface area contributed by atoms with Crippen LogP contribution >= 0.6 is 0 Å². The van der Waals surface area contributed by atoms with Crippen LogP contribution in [-0.2, 0) is 4.74 Å². The molecule has 1 aliphatic rings. The van der Waals surface area contributed by atoms with Gasteiger partial charge in [0.25, 0.3) is 11.8 Å². The Morgan fingerprint density at radius 1 is 1.10 bits per heavy atom. The van der Waals surface area contributed by atoms with Crippen molar-refractivity contribution in [2.45, 2.75) is 6.10 Å². The molecule has 1 fully saturated rings. The molecule has 8 nitrogen and oxygen atoms in total. The number of hydrogen-bond acceptors (Lipinski definition) is 7. The maximum Gasteiger partial charge on any atom is 0.257 e. The first kappa shape index (κ1) is 19.2. The Morgan fingerprint density at radius 3 is 2.71 bits per heavy atom. The second-order valence-corrected chi connectivity index (χ2v) is 7.16. The van der Waals surface area contributed by atoms with Gasteiger partial charge in [0.2, 0.25) is 5.82 Å². The van der Waals surface area contributed by atoms with Gasteiger partial charge in [0.05, 0.1) is 20.3 Å². The minimum absolute atomic E-state index is 0.0685. The molecule has 1 atom stereocenters. The summed E-state index contributed by atoms with van der Waals surface area (Å²) in [5, 5.41) is 5.80. The predicted octanol–water partition coefficient (Wildman–Crippen LogP) is 3.51. The molecule has 3 heterocycles. The number of methoxy groups -OCH3 is 1. The van der Waals surface area contributed by atoms with Crippen molar-refractivity contribution in [3.63, 3.8) is 0 Å². The monoisotopic (exact) mass is 416 g/mol. The summed E-state index contributed by atoms with van der Waals surface area (Å²) < 4.78 is 16.7. The van der Waals surface area contributed by atoms with Crippen molar-refractivity contribution in [1.29, 1.82) is 0 Å². The van der Waals surface area contributed by atoms with Gasteiger partial charge in [-0.25, -0.2) is 0 Å². The average Bonchev–Trinajstić information content (AvgIpc) is 3.34. The molecule has 31 heavy (non-hydrogen) atoms. The number of aromatic nitrogens is 3. The lowest BCUT2D eigenvalue weighted by molar-refractivity contribution is -0.0366. The van der Waals surface area contributed by atoms with Crippen LogP contribution in [0.1, 0.15) is 22.4 Å². The van der Waals surface area contributed by atoms with Gasteiger partial charge < -0.3 is 18.9 Å². The van der Waals surface area contributed by atoms with Gasteiger partial charge in [0.1, 0.15) is 5.75 Å². The lowest BCUT2D eigenvalue weighted by Gasteiger charge is -2.31. The molecule has 0 spiro atoms. The number of nitrogens with zero attached hydrogens (tertiary/aromatic N) is 4. The van der Waals surface area contributed by atoms with E-state index in [4.69, 9.17) is 14.0 Å². The van der Waals surface area contributed by atoms with E-state index in [1.54, 1.807) is 36.5 Å². The molecular formula is C23H20N4O4. The molecule has 1 saturated heterocycles. The van der Waals surface area contributed by atoms with Crippen molar-refractivity contribution >= 4 is 16.7 Å². The first-order valence-corrected chi connectivity index (χ1v) is 9.95. The highest BCUT2D eigenvalue weighted by Gasteiger charge is 2.30. The molecule has 2 aromatic heterocycles. The summed E-state index contributed by atoms with van der Waals surface area (Å²) in [4.78, 5) is 23.6. The smallest absolute Gasteiger partial charge is 0.257 e. The van der Waals surface area contributed by atoms with Crippen molar-refractivity contribution in [1.82, 2.24) is 20.0 Å². The second kappa shape index (κ2) is 8.16. The van der Waals surface area contributed by atoms with Crippen molar-refractivity contribution < 1.29 is 18.8 Å². The molecule has 1 unspecified atom stereocenters. The average molecular weight is 416 g/mol. The van der Waals surface area contributed by atoms with E-state index in [0.717, 1.165) is 22.1 Å². The van der Waals surface area contributed by atoms with Crippen LogP contribution < -0.4 is 4.74 Å². The van der Waals surface area contributed by atoms with Gasteiger partial charge in [-0.15, -0.1) is 0 Å². The zero-order valence-corrected chi connectivity index (χ0v) is 16.9. The lowest BCUT2D eigenvalue weighted by atomic mass is 10.0. The van der Waals surface area contributed by atoms with Gasteiger partial charge >= 0.3 is 0 Å². The van der Waals surface area contributed by atoms with E-state index in [1.165, 1.54) is 0 Å². The minimum Gasteiger partial charge on any atom is -0.496 e. The van der Waals surface area contributed by atoms with Gasteiger partial charge in [-0.05, 0) is 29.7 Å². The summed E-state index contributed by atoms with van der Waals surface area (Å²) in [5.74, 6) is 1.48. The van der Waals surface area contributed by atoms with Crippen LogP contribution in [0.5, 0.6) is 5.75 Å². The van der Waals surface area contributed by atoms with Gasteiger partial charge in [-0.3, -0.25) is 9.78 Å². The van der Waals surface area contributed by atoms with Crippen LogP contribution in [0.4, 0.5) is 0 Å². The van der Waals surface area contributed by atoms with E-state index in [-0.39, 0.29) is 5.91 Å². The fourth-order valence-corrected chi connectivity index (χ4v) is 3.77. The molecule has 1 amide bonds. The Hall–Kier alpha value is -3.78. The molecule has 156 valence electrons. The van der Waals surface area contributed by atoms with E-state index in [0.29, 0.717) is 37.0 Å². The third-order valence-corrected chi connectivity index (χ3v) is 5.34. The van der Waals surface area contributed by atoms with Gasteiger partial charge in [0.15, 0.2) is 6.10 Å². The van der Waals surface area contributed by atoms with Gasteiger partial charge in [-0.1, -0.05) is 29.4 Å². The number of carbonyl (C=O) groups excluding carboxylic acids is 1. The minimum atomic E-state index is -0.481. The quantitative estimate of drug-likeness (QED) is 0.503. The maximum absolute atomic E-state index is 13.4. The largest absolute Gasteiger partial charge is 0.496 e. The zero-order valence-electron chi connectivity index (χ0n) is 16.9. The fraction of sp³-hybridized carbons (Fsp3) is 0.217. The van der Waals surface area contributed by atoms with Crippen molar-refractivity contribution in [3.05, 3.63) is 72.4 Å². The second-order valence-electron chi connectivity index (χ2n) is 7.16. The summed E-state index contributed by atoms with van der Waals surface area (Å²) in [6.07, 6.45) is 2.86. The highest BCUT2D eigenvalue weighted by Crippen LogP contribution is 2.30. The summed E-state index contributed by atoms with van der Waals surface area (Å²) in [5.41, 5.74) is 1.43. The topological polar surface area (TPSA) is 90.6 Å². The molecule has 1 aliphatic heterocycles. The highest BCUT2D eigenvalue weighted by atomic mass is 16.5. The van der Waals surface area contributed by atoms with Crippen LogP contribution in [0.3, 0.4) is 0 Å². The summed E-state index contributed by atoms with van der Waals surface area (Å²) in [6.45, 7) is 1.20. The molecule has 0 N–H and O–H groups in total. The van der Waals surface area contributed by atoms with E-state index in [1.807, 2.05) is 36.4 Å². The van der Waals surface area contributed by atoms with Gasteiger partial charge in [-0.2, -0.15) is 4.98 Å². The number of ether oxygens (including phenoxy) is 2.